The Bertz CT molecular complexity index is 1340. The molecule has 6 nitrogen and oxygen atoms in total. The molecule has 2 aromatic carbocycles. The number of phenols is 2. The number of aromatic nitrogens is 2. The van der Waals surface area contributed by atoms with Crippen molar-refractivity contribution in [3.05, 3.63) is 102 Å². The van der Waals surface area contributed by atoms with Gasteiger partial charge >= 0.3 is 0 Å². The Balaban J connectivity index is 1.71. The summed E-state index contributed by atoms with van der Waals surface area (Å²) >= 11 is 5.76. The summed E-state index contributed by atoms with van der Waals surface area (Å²) in [4.78, 5) is 6.55. The highest BCUT2D eigenvalue weighted by molar-refractivity contribution is 7.80. The summed E-state index contributed by atoms with van der Waals surface area (Å²) in [6.07, 6.45) is 1.77. The zero-order chi connectivity index (χ0) is 23.1. The normalized spacial score (nSPS) is 17.9. The number of aromatic hydroxyl groups is 2. The highest BCUT2D eigenvalue weighted by Gasteiger charge is 2.43. The van der Waals surface area contributed by atoms with Gasteiger partial charge in [0.25, 0.3) is 0 Å². The molecule has 0 amide bonds. The highest BCUT2D eigenvalue weighted by Crippen LogP contribution is 2.46. The van der Waals surface area contributed by atoms with E-state index in [2.05, 4.69) is 16.4 Å². The quantitative estimate of drug-likeness (QED) is 0.372. The van der Waals surface area contributed by atoms with Crippen LogP contribution in [0.2, 0.25) is 0 Å². The number of rotatable bonds is 4. The minimum Gasteiger partial charge on any atom is -0.506 e. The summed E-state index contributed by atoms with van der Waals surface area (Å²) in [7, 11) is 0. The molecule has 0 spiro atoms. The Morgan fingerprint density at radius 3 is 2.15 bits per heavy atom. The van der Waals surface area contributed by atoms with Crippen LogP contribution in [0.4, 0.5) is 5.69 Å². The van der Waals surface area contributed by atoms with E-state index >= 15 is 0 Å². The van der Waals surface area contributed by atoms with Gasteiger partial charge in [-0.2, -0.15) is 0 Å². The van der Waals surface area contributed by atoms with Gasteiger partial charge in [0, 0.05) is 17.6 Å². The molecular formula is C26H24N4O2S. The van der Waals surface area contributed by atoms with Crippen LogP contribution >= 0.6 is 12.2 Å². The molecule has 3 N–H and O–H groups in total. The largest absolute Gasteiger partial charge is 0.506 e. The van der Waals surface area contributed by atoms with Crippen molar-refractivity contribution in [3.8, 4) is 17.2 Å². The van der Waals surface area contributed by atoms with Gasteiger partial charge in [-0.25, -0.2) is 0 Å². The lowest BCUT2D eigenvalue weighted by Crippen LogP contribution is -2.29. The van der Waals surface area contributed by atoms with Gasteiger partial charge in [-0.3, -0.25) is 4.98 Å². The van der Waals surface area contributed by atoms with Gasteiger partial charge in [0.05, 0.1) is 29.2 Å². The molecular weight excluding hydrogens is 432 g/mol. The van der Waals surface area contributed by atoms with E-state index < -0.39 is 0 Å². The molecule has 0 saturated carbocycles. The second kappa shape index (κ2) is 8.26. The van der Waals surface area contributed by atoms with Crippen molar-refractivity contribution in [2.75, 3.05) is 4.90 Å². The van der Waals surface area contributed by atoms with Crippen molar-refractivity contribution in [1.82, 2.24) is 14.9 Å². The minimum atomic E-state index is -0.258. The lowest BCUT2D eigenvalue weighted by molar-refractivity contribution is 0.471. The Hall–Kier alpha value is -3.84. The Morgan fingerprint density at radius 2 is 1.52 bits per heavy atom. The molecule has 4 aromatic rings. The maximum atomic E-state index is 10.7. The van der Waals surface area contributed by atoms with Crippen LogP contribution in [0.1, 0.15) is 34.7 Å². The van der Waals surface area contributed by atoms with Gasteiger partial charge in [0.15, 0.2) is 5.11 Å². The summed E-state index contributed by atoms with van der Waals surface area (Å²) in [6, 6.07) is 21.9. The number of pyridine rings is 1. The monoisotopic (exact) mass is 456 g/mol. The second-order valence-electron chi connectivity index (χ2n) is 8.14. The molecule has 33 heavy (non-hydrogen) atoms. The van der Waals surface area contributed by atoms with Crippen LogP contribution in [-0.4, -0.2) is 24.9 Å². The van der Waals surface area contributed by atoms with Crippen molar-refractivity contribution >= 4 is 23.0 Å². The number of nitrogens with one attached hydrogen (secondary N) is 1. The van der Waals surface area contributed by atoms with Gasteiger partial charge in [0.2, 0.25) is 0 Å². The molecule has 1 aliphatic heterocycles. The molecule has 166 valence electrons. The van der Waals surface area contributed by atoms with E-state index in [1.807, 2.05) is 71.8 Å². The van der Waals surface area contributed by atoms with E-state index in [4.69, 9.17) is 12.2 Å². The fourth-order valence-corrected chi connectivity index (χ4v) is 5.05. The number of phenolic OH excluding ortho intramolecular Hbond substituents is 2. The lowest BCUT2D eigenvalue weighted by Gasteiger charge is -2.28. The van der Waals surface area contributed by atoms with Gasteiger partial charge in [-0.15, -0.1) is 0 Å². The lowest BCUT2D eigenvalue weighted by atomic mass is 9.96. The first-order chi connectivity index (χ1) is 16.0. The maximum absolute atomic E-state index is 10.7. The van der Waals surface area contributed by atoms with E-state index in [1.165, 1.54) is 0 Å². The standard InChI is InChI=1S/C26H24N4O2S/c1-16-15-18(17(2)29(16)20-10-3-5-12-22(20)31)25-24(19-9-7-8-14-27-19)28-26(33)30(25)21-11-4-6-13-23(21)32/h3-15,24-25,31-32H,1-2H3,(H,28,33)/t24-,25-/m0/s1. The molecule has 1 aliphatic rings. The van der Waals surface area contributed by atoms with Crippen molar-refractivity contribution in [1.29, 1.82) is 0 Å². The number of para-hydroxylation sites is 4. The summed E-state index contributed by atoms with van der Waals surface area (Å²) in [6.45, 7) is 4.05. The molecule has 2 atom stereocenters. The third-order valence-electron chi connectivity index (χ3n) is 6.15. The molecule has 0 aliphatic carbocycles. The number of hydrogen-bond acceptors (Lipinski definition) is 4. The average Bonchev–Trinajstić information content (AvgIpc) is 3.30. The Morgan fingerprint density at radius 1 is 0.879 bits per heavy atom. The highest BCUT2D eigenvalue weighted by atomic mass is 32.1. The molecule has 0 unspecified atom stereocenters. The predicted molar refractivity (Wildman–Crippen MR) is 133 cm³/mol. The van der Waals surface area contributed by atoms with E-state index in [-0.39, 0.29) is 23.6 Å². The minimum absolute atomic E-state index is 0.155. The van der Waals surface area contributed by atoms with Crippen LogP contribution in [-0.2, 0) is 0 Å². The average molecular weight is 457 g/mol. The van der Waals surface area contributed by atoms with Crippen molar-refractivity contribution < 1.29 is 10.2 Å². The van der Waals surface area contributed by atoms with Crippen molar-refractivity contribution in [3.63, 3.8) is 0 Å². The van der Waals surface area contributed by atoms with Crippen LogP contribution in [0.25, 0.3) is 5.69 Å². The van der Waals surface area contributed by atoms with Crippen LogP contribution in [0.15, 0.2) is 79.0 Å². The molecule has 1 fully saturated rings. The summed E-state index contributed by atoms with van der Waals surface area (Å²) in [5.41, 5.74) is 5.20. The number of anilines is 1. The van der Waals surface area contributed by atoms with Gasteiger partial charge in [-0.1, -0.05) is 30.3 Å². The number of benzene rings is 2. The zero-order valence-electron chi connectivity index (χ0n) is 18.3. The first-order valence-corrected chi connectivity index (χ1v) is 11.1. The van der Waals surface area contributed by atoms with Gasteiger partial charge in [0.1, 0.15) is 11.5 Å². The third kappa shape index (κ3) is 3.50. The van der Waals surface area contributed by atoms with Crippen LogP contribution < -0.4 is 10.2 Å². The van der Waals surface area contributed by atoms with Crippen molar-refractivity contribution in [2.45, 2.75) is 25.9 Å². The van der Waals surface area contributed by atoms with Gasteiger partial charge < -0.3 is 25.0 Å². The Labute approximate surface area is 197 Å². The second-order valence-corrected chi connectivity index (χ2v) is 8.52. The molecule has 2 aromatic heterocycles. The number of thiocarbonyl (C=S) groups is 1. The van der Waals surface area contributed by atoms with E-state index in [1.54, 1.807) is 24.4 Å². The molecule has 0 radical (unpaired) electrons. The molecule has 5 rings (SSSR count). The number of nitrogens with zero attached hydrogens (tertiary/aromatic N) is 3. The molecule has 1 saturated heterocycles. The Kier molecular flexibility index (Phi) is 5.26. The van der Waals surface area contributed by atoms with Crippen LogP contribution in [0, 0.1) is 13.8 Å². The third-order valence-corrected chi connectivity index (χ3v) is 6.47. The fraction of sp³-hybridized carbons (Fsp3) is 0.154. The predicted octanol–water partition coefficient (Wildman–Crippen LogP) is 5.08. The zero-order valence-corrected chi connectivity index (χ0v) is 19.1. The maximum Gasteiger partial charge on any atom is 0.174 e. The SMILES string of the molecule is Cc1cc([C@H]2[C@H](c3ccccn3)NC(=S)N2c2ccccc2O)c(C)n1-c1ccccc1O. The molecule has 0 bridgehead atoms. The number of hydrogen-bond donors (Lipinski definition) is 3. The molecule has 7 heteroatoms. The summed E-state index contributed by atoms with van der Waals surface area (Å²) < 4.78 is 2.05. The first kappa shape index (κ1) is 21.0. The smallest absolute Gasteiger partial charge is 0.174 e. The van der Waals surface area contributed by atoms with E-state index in [0.29, 0.717) is 10.8 Å². The summed E-state index contributed by atoms with van der Waals surface area (Å²) in [5, 5.41) is 25.1. The van der Waals surface area contributed by atoms with Crippen molar-refractivity contribution in [2.24, 2.45) is 0 Å². The van der Waals surface area contributed by atoms with E-state index in [9.17, 15) is 10.2 Å². The number of aryl methyl sites for hydroxylation is 1. The van der Waals surface area contributed by atoms with Gasteiger partial charge in [-0.05, 0) is 74.1 Å². The van der Waals surface area contributed by atoms with Crippen LogP contribution in [0.3, 0.4) is 0 Å². The first-order valence-electron chi connectivity index (χ1n) is 10.7. The fourth-order valence-electron chi connectivity index (χ4n) is 4.71. The van der Waals surface area contributed by atoms with Crippen LogP contribution in [0.5, 0.6) is 11.5 Å². The topological polar surface area (TPSA) is 73.5 Å². The summed E-state index contributed by atoms with van der Waals surface area (Å²) in [5.74, 6) is 0.368. The molecule has 3 heterocycles. The van der Waals surface area contributed by atoms with E-state index in [0.717, 1.165) is 28.3 Å².